The molecule has 4 fully saturated rings. The second kappa shape index (κ2) is 28.7. The third-order valence-corrected chi connectivity index (χ3v) is 16.3. The van der Waals surface area contributed by atoms with Gasteiger partial charge in [0.2, 0.25) is 0 Å². The molecule has 0 amide bonds. The SMILES string of the molecule is CC(C)CC(O)C1OC(n2cnc3c(N)ccnc32)C(O)C1O.CC(C)CC(O)C1OC(n2cnc3c(N)ccnc32)C(O)C1O.CCCC(O)C1OC(n2cnc3c(N)ccnc32)C(O)C1O.CCCC(O)C1OC(n2cnc3c(N)ccnc32)C(O)C1O. The van der Waals surface area contributed by atoms with Crippen LogP contribution in [0.15, 0.2) is 74.4 Å². The zero-order valence-corrected chi connectivity index (χ0v) is 50.5. The first-order valence-electron chi connectivity index (χ1n) is 29.9. The monoisotopic (exact) mass is 1260 g/mol. The molecule has 20 unspecified atom stereocenters. The number of ether oxygens (including phenoxy) is 4. The topological polar surface area (TPSA) is 507 Å². The zero-order valence-electron chi connectivity index (χ0n) is 50.5. The predicted octanol–water partition coefficient (Wildman–Crippen LogP) is -0.333. The van der Waals surface area contributed by atoms with E-state index in [1.807, 2.05) is 41.5 Å². The Kier molecular flexibility index (Phi) is 21.5. The number of pyridine rings is 4. The fourth-order valence-corrected chi connectivity index (χ4v) is 11.6. The lowest BCUT2D eigenvalue weighted by atomic mass is 9.98. The molecule has 0 spiro atoms. The molecule has 8 aromatic rings. The average molecular weight is 1260 g/mol. The molecule has 0 aromatic carbocycles. The number of fused-ring (bicyclic) bond motifs is 4. The molecule has 32 heteroatoms. The van der Waals surface area contributed by atoms with Gasteiger partial charge in [0.25, 0.3) is 0 Å². The van der Waals surface area contributed by atoms with Crippen molar-refractivity contribution in [3.8, 4) is 0 Å². The summed E-state index contributed by atoms with van der Waals surface area (Å²) >= 11 is 0. The molecule has 0 bridgehead atoms. The first kappa shape index (κ1) is 67.4. The number of aliphatic hydroxyl groups excluding tert-OH is 12. The van der Waals surface area contributed by atoms with Crippen LogP contribution >= 0.6 is 0 Å². The minimum absolute atomic E-state index is 0.243. The van der Waals surface area contributed by atoms with E-state index >= 15 is 0 Å². The van der Waals surface area contributed by atoms with Gasteiger partial charge in [-0.3, -0.25) is 18.3 Å². The van der Waals surface area contributed by atoms with Crippen molar-refractivity contribution in [3.63, 3.8) is 0 Å². The lowest BCUT2D eigenvalue weighted by Crippen LogP contribution is -2.39. The van der Waals surface area contributed by atoms with Gasteiger partial charge in [-0.2, -0.15) is 0 Å². The normalized spacial score (nSPS) is 29.7. The van der Waals surface area contributed by atoms with Crippen LogP contribution < -0.4 is 22.9 Å². The third-order valence-electron chi connectivity index (χ3n) is 16.3. The fourth-order valence-electron chi connectivity index (χ4n) is 11.6. The lowest BCUT2D eigenvalue weighted by Gasteiger charge is -2.22. The molecule has 20 N–H and O–H groups in total. The van der Waals surface area contributed by atoms with Gasteiger partial charge in [0.15, 0.2) is 47.5 Å². The summed E-state index contributed by atoms with van der Waals surface area (Å²) in [4.78, 5) is 33.5. The third kappa shape index (κ3) is 13.6. The van der Waals surface area contributed by atoms with Gasteiger partial charge in [-0.05, 0) is 61.8 Å². The van der Waals surface area contributed by atoms with Gasteiger partial charge >= 0.3 is 0 Å². The van der Waals surface area contributed by atoms with Crippen molar-refractivity contribution in [3.05, 3.63) is 74.4 Å². The van der Waals surface area contributed by atoms with Crippen molar-refractivity contribution in [1.29, 1.82) is 0 Å². The van der Waals surface area contributed by atoms with E-state index in [0.29, 0.717) is 93.1 Å². The van der Waals surface area contributed by atoms with Crippen LogP contribution in [0, 0.1) is 11.8 Å². The predicted molar refractivity (Wildman–Crippen MR) is 324 cm³/mol. The van der Waals surface area contributed by atoms with Crippen molar-refractivity contribution >= 4 is 67.4 Å². The van der Waals surface area contributed by atoms with Gasteiger partial charge in [-0.1, -0.05) is 54.4 Å². The minimum atomic E-state index is -1.19. The highest BCUT2D eigenvalue weighted by atomic mass is 16.6. The number of nitrogens with two attached hydrogens (primary N) is 4. The molecule has 32 nitrogen and oxygen atoms in total. The zero-order chi connectivity index (χ0) is 65.2. The first-order chi connectivity index (χ1) is 42.9. The van der Waals surface area contributed by atoms with Crippen LogP contribution in [0.4, 0.5) is 22.7 Å². The van der Waals surface area contributed by atoms with Crippen molar-refractivity contribution in [2.75, 3.05) is 22.9 Å². The van der Waals surface area contributed by atoms with Crippen LogP contribution in [0.1, 0.15) is 105 Å². The van der Waals surface area contributed by atoms with E-state index < -0.39 is 123 Å². The van der Waals surface area contributed by atoms with E-state index in [1.54, 1.807) is 36.7 Å². The van der Waals surface area contributed by atoms with E-state index in [0.717, 1.165) is 12.8 Å². The Balaban J connectivity index is 0.000000142. The highest BCUT2D eigenvalue weighted by Gasteiger charge is 2.51. The molecule has 90 heavy (non-hydrogen) atoms. The van der Waals surface area contributed by atoms with E-state index in [2.05, 4.69) is 39.9 Å². The largest absolute Gasteiger partial charge is 0.397 e. The minimum Gasteiger partial charge on any atom is -0.397 e. The van der Waals surface area contributed by atoms with Gasteiger partial charge in [0, 0.05) is 24.8 Å². The first-order valence-corrected chi connectivity index (χ1v) is 29.9. The molecule has 0 saturated carbocycles. The fraction of sp³-hybridized carbons (Fsp3) is 0.586. The Morgan fingerprint density at radius 3 is 0.800 bits per heavy atom. The highest BCUT2D eigenvalue weighted by Crippen LogP contribution is 2.39. The Morgan fingerprint density at radius 2 is 0.589 bits per heavy atom. The summed E-state index contributed by atoms with van der Waals surface area (Å²) in [6.07, 6.45) is -4.39. The molecule has 12 heterocycles. The van der Waals surface area contributed by atoms with E-state index in [4.69, 9.17) is 41.9 Å². The Labute approximate surface area is 516 Å². The molecule has 12 rings (SSSR count). The van der Waals surface area contributed by atoms with Crippen LogP contribution in [0.25, 0.3) is 44.7 Å². The lowest BCUT2D eigenvalue weighted by molar-refractivity contribution is -0.0882. The van der Waals surface area contributed by atoms with Crippen molar-refractivity contribution in [2.45, 2.75) is 203 Å². The summed E-state index contributed by atoms with van der Waals surface area (Å²) in [7, 11) is 0. The number of aromatic nitrogens is 12. The standard InChI is InChI=1S/2C15H22N4O4.2C14H20N4O4/c2*1-7(2)5-9(20)13-11(21)12(22)15(23-13)19-6-18-10-8(16)3-4-17-14(10)19;2*1-2-3-8(19)12-10(20)11(21)14(22-12)18-6-17-9-7(15)4-5-16-13(9)18/h2*3-4,6-7,9,11-13,15,20-22H,5H2,1-2H3,(H2,16,17);2*4-6,8,10-12,14,19-21H,2-3H2,1H3,(H2,15,16). The van der Waals surface area contributed by atoms with Crippen LogP contribution in [-0.4, -0.2) is 217 Å². The van der Waals surface area contributed by atoms with E-state index in [-0.39, 0.29) is 11.8 Å². The molecule has 4 saturated heterocycles. The second-order valence-electron chi connectivity index (χ2n) is 23.9. The van der Waals surface area contributed by atoms with Crippen LogP contribution in [0.5, 0.6) is 0 Å². The molecule has 4 aliphatic rings. The molecular formula is C58H84N16O16. The maximum Gasteiger partial charge on any atom is 0.165 e. The molecule has 0 aliphatic carbocycles. The smallest absolute Gasteiger partial charge is 0.165 e. The maximum absolute atomic E-state index is 10.3. The number of aliphatic hydroxyl groups is 12. The summed E-state index contributed by atoms with van der Waals surface area (Å²) in [6, 6.07) is 6.54. The molecule has 0 radical (unpaired) electrons. The van der Waals surface area contributed by atoms with Gasteiger partial charge in [0.05, 0.1) is 72.5 Å². The van der Waals surface area contributed by atoms with Crippen LogP contribution in [-0.2, 0) is 18.9 Å². The van der Waals surface area contributed by atoms with Crippen LogP contribution in [0.3, 0.4) is 0 Å². The van der Waals surface area contributed by atoms with Gasteiger partial charge in [0.1, 0.15) is 95.3 Å². The summed E-state index contributed by atoms with van der Waals surface area (Å²) in [6.45, 7) is 11.7. The number of nitrogens with zero attached hydrogens (tertiary/aromatic N) is 12. The van der Waals surface area contributed by atoms with Crippen LogP contribution in [0.2, 0.25) is 0 Å². The van der Waals surface area contributed by atoms with Gasteiger partial charge in [-0.25, -0.2) is 39.9 Å². The summed E-state index contributed by atoms with van der Waals surface area (Å²) < 4.78 is 28.9. The molecule has 20 atom stereocenters. The molecule has 492 valence electrons. The van der Waals surface area contributed by atoms with Gasteiger partial charge in [-0.15, -0.1) is 0 Å². The van der Waals surface area contributed by atoms with E-state index in [9.17, 15) is 61.3 Å². The number of hydrogen-bond acceptors (Lipinski definition) is 28. The maximum atomic E-state index is 10.3. The van der Waals surface area contributed by atoms with Crippen molar-refractivity contribution in [2.24, 2.45) is 11.8 Å². The quantitative estimate of drug-likeness (QED) is 0.0589. The Hall–Kier alpha value is -6.96. The number of nitrogen functional groups attached to an aromatic ring is 4. The number of hydrogen-bond donors (Lipinski definition) is 16. The van der Waals surface area contributed by atoms with Gasteiger partial charge < -0.3 is 103 Å². The number of rotatable bonds is 16. The summed E-state index contributed by atoms with van der Waals surface area (Å²) in [5.74, 6) is 0.486. The Morgan fingerprint density at radius 1 is 0.367 bits per heavy atom. The summed E-state index contributed by atoms with van der Waals surface area (Å²) in [5, 5.41) is 122. The van der Waals surface area contributed by atoms with Crippen molar-refractivity contribution < 1.29 is 80.2 Å². The molecule has 4 aliphatic heterocycles. The average Bonchev–Trinajstić information content (AvgIpc) is 1.68. The van der Waals surface area contributed by atoms with Crippen molar-refractivity contribution in [1.82, 2.24) is 58.1 Å². The van der Waals surface area contributed by atoms with E-state index in [1.165, 1.54) is 56.0 Å². The highest BCUT2D eigenvalue weighted by molar-refractivity contribution is 5.86. The Bertz CT molecular complexity index is 3400. The number of anilines is 4. The molecule has 8 aromatic heterocycles. The molecular weight excluding hydrogens is 1180 g/mol. The number of imidazole rings is 4. The second-order valence-corrected chi connectivity index (χ2v) is 23.9. The summed E-state index contributed by atoms with van der Waals surface area (Å²) in [5.41, 5.74) is 29.1.